The number of hydrogen-bond donors (Lipinski definition) is 1. The molecule has 0 amide bonds. The monoisotopic (exact) mass is 541 g/mol. The summed E-state index contributed by atoms with van der Waals surface area (Å²) in [7, 11) is -1.28. The van der Waals surface area contributed by atoms with Gasteiger partial charge in [-0.25, -0.2) is 8.42 Å². The maximum Gasteiger partial charge on any atom is 0.193 e. The van der Waals surface area contributed by atoms with Crippen molar-refractivity contribution in [3.63, 3.8) is 0 Å². The van der Waals surface area contributed by atoms with E-state index in [0.29, 0.717) is 25.0 Å². The highest BCUT2D eigenvalue weighted by molar-refractivity contribution is 14.0. The summed E-state index contributed by atoms with van der Waals surface area (Å²) in [6.07, 6.45) is 1.08. The highest BCUT2D eigenvalue weighted by Gasteiger charge is 2.43. The van der Waals surface area contributed by atoms with Gasteiger partial charge in [-0.15, -0.1) is 24.0 Å². The Bertz CT molecular complexity index is 750. The molecule has 1 aliphatic heterocycles. The van der Waals surface area contributed by atoms with Gasteiger partial charge in [0, 0.05) is 36.6 Å². The quantitative estimate of drug-likeness (QED) is 0.355. The van der Waals surface area contributed by atoms with E-state index in [2.05, 4.69) is 55.4 Å². The van der Waals surface area contributed by atoms with Crippen molar-refractivity contribution < 1.29 is 8.42 Å². The van der Waals surface area contributed by atoms with E-state index in [1.807, 2.05) is 0 Å². The van der Waals surface area contributed by atoms with Gasteiger partial charge in [0.15, 0.2) is 15.8 Å². The SMILES string of the molecule is CN=C(NC1CC1c1ccc(Br)cc1)N1CCS(=O)(=O)C(C)(C)C1.I. The van der Waals surface area contributed by atoms with Crippen molar-refractivity contribution in [2.75, 3.05) is 25.9 Å². The molecule has 140 valence electrons. The number of nitrogens with one attached hydrogen (secondary N) is 1. The second kappa shape index (κ2) is 7.72. The van der Waals surface area contributed by atoms with Gasteiger partial charge in [0.1, 0.15) is 0 Å². The molecule has 3 rings (SSSR count). The van der Waals surface area contributed by atoms with Crippen LogP contribution in [0.1, 0.15) is 31.7 Å². The fourth-order valence-electron chi connectivity index (χ4n) is 3.22. The van der Waals surface area contributed by atoms with Crippen LogP contribution in [0.15, 0.2) is 33.7 Å². The molecule has 1 N–H and O–H groups in total. The molecular weight excluding hydrogens is 517 g/mol. The third-order valence-electron chi connectivity index (χ3n) is 4.96. The second-order valence-electron chi connectivity index (χ2n) is 7.19. The van der Waals surface area contributed by atoms with Crippen molar-refractivity contribution in [3.05, 3.63) is 34.3 Å². The van der Waals surface area contributed by atoms with Gasteiger partial charge in [-0.2, -0.15) is 0 Å². The molecular formula is C17H25BrIN3O2S. The molecule has 0 bridgehead atoms. The third-order valence-corrected chi connectivity index (χ3v) is 8.02. The number of aliphatic imine (C=N–C) groups is 1. The molecule has 5 nitrogen and oxygen atoms in total. The third kappa shape index (κ3) is 4.50. The van der Waals surface area contributed by atoms with Crippen LogP contribution in [0, 0.1) is 0 Å². The van der Waals surface area contributed by atoms with Crippen LogP contribution in [0.5, 0.6) is 0 Å². The van der Waals surface area contributed by atoms with Gasteiger partial charge in [-0.3, -0.25) is 4.99 Å². The Hall–Kier alpha value is -0.350. The fraction of sp³-hybridized carbons (Fsp3) is 0.588. The summed E-state index contributed by atoms with van der Waals surface area (Å²) in [5, 5.41) is 3.51. The summed E-state index contributed by atoms with van der Waals surface area (Å²) in [5.74, 6) is 1.49. The number of sulfone groups is 1. The average molecular weight is 542 g/mol. The summed E-state index contributed by atoms with van der Waals surface area (Å²) in [4.78, 5) is 6.44. The topological polar surface area (TPSA) is 61.8 Å². The van der Waals surface area contributed by atoms with Crippen LogP contribution in [0.3, 0.4) is 0 Å². The molecule has 1 aromatic rings. The summed E-state index contributed by atoms with van der Waals surface area (Å²) in [5.41, 5.74) is 1.33. The highest BCUT2D eigenvalue weighted by atomic mass is 127. The molecule has 1 aromatic carbocycles. The van der Waals surface area contributed by atoms with Gasteiger partial charge in [-0.05, 0) is 38.0 Å². The van der Waals surface area contributed by atoms with Gasteiger partial charge in [-0.1, -0.05) is 28.1 Å². The van der Waals surface area contributed by atoms with Crippen LogP contribution >= 0.6 is 39.9 Å². The van der Waals surface area contributed by atoms with Crippen molar-refractivity contribution >= 4 is 55.7 Å². The van der Waals surface area contributed by atoms with E-state index in [1.54, 1.807) is 20.9 Å². The molecule has 0 aromatic heterocycles. The molecule has 2 unspecified atom stereocenters. The van der Waals surface area contributed by atoms with Crippen molar-refractivity contribution in [3.8, 4) is 0 Å². The fourth-order valence-corrected chi connectivity index (χ4v) is 4.85. The first kappa shape index (κ1) is 21.0. The first-order valence-corrected chi connectivity index (χ1v) is 10.6. The number of nitrogens with zero attached hydrogens (tertiary/aromatic N) is 2. The van der Waals surface area contributed by atoms with Crippen LogP contribution < -0.4 is 5.32 Å². The Morgan fingerprint density at radius 1 is 1.32 bits per heavy atom. The van der Waals surface area contributed by atoms with Crippen LogP contribution in [0.4, 0.5) is 0 Å². The second-order valence-corrected chi connectivity index (χ2v) is 10.9. The predicted octanol–water partition coefficient (Wildman–Crippen LogP) is 3.01. The highest BCUT2D eigenvalue weighted by Crippen LogP contribution is 2.41. The van der Waals surface area contributed by atoms with E-state index >= 15 is 0 Å². The van der Waals surface area contributed by atoms with Crippen LogP contribution in [0.2, 0.25) is 0 Å². The zero-order valence-corrected chi connectivity index (χ0v) is 19.4. The summed E-state index contributed by atoms with van der Waals surface area (Å²) in [6.45, 7) is 4.57. The normalized spacial score (nSPS) is 27.4. The first-order valence-electron chi connectivity index (χ1n) is 8.19. The lowest BCUT2D eigenvalue weighted by Gasteiger charge is -2.39. The molecule has 0 spiro atoms. The van der Waals surface area contributed by atoms with Gasteiger partial charge in [0.25, 0.3) is 0 Å². The molecule has 0 radical (unpaired) electrons. The molecule has 2 fully saturated rings. The zero-order chi connectivity index (χ0) is 17.5. The number of guanidine groups is 1. The summed E-state index contributed by atoms with van der Waals surface area (Å²) in [6, 6.07) is 8.80. The van der Waals surface area contributed by atoms with E-state index in [9.17, 15) is 8.42 Å². The molecule has 2 aliphatic rings. The molecule has 1 aliphatic carbocycles. The smallest absolute Gasteiger partial charge is 0.193 e. The minimum Gasteiger partial charge on any atom is -0.353 e. The van der Waals surface area contributed by atoms with Crippen molar-refractivity contribution in [1.29, 1.82) is 0 Å². The lowest BCUT2D eigenvalue weighted by Crippen LogP contribution is -2.57. The van der Waals surface area contributed by atoms with E-state index in [4.69, 9.17) is 0 Å². The average Bonchev–Trinajstić information content (AvgIpc) is 3.28. The Labute approximate surface area is 175 Å². The van der Waals surface area contributed by atoms with E-state index in [-0.39, 0.29) is 29.7 Å². The number of hydrogen-bond acceptors (Lipinski definition) is 3. The Morgan fingerprint density at radius 3 is 2.52 bits per heavy atom. The Morgan fingerprint density at radius 2 is 1.96 bits per heavy atom. The Kier molecular flexibility index (Phi) is 6.47. The summed E-state index contributed by atoms with van der Waals surface area (Å²) < 4.78 is 24.7. The maximum absolute atomic E-state index is 12.2. The van der Waals surface area contributed by atoms with Crippen molar-refractivity contribution in [2.24, 2.45) is 4.99 Å². The number of benzene rings is 1. The standard InChI is InChI=1S/C17H24BrN3O2S.HI/c1-17(2)11-21(8-9-24(17,22)23)16(19-3)20-15-10-14(15)12-4-6-13(18)7-5-12;/h4-7,14-15H,8-11H2,1-3H3,(H,19,20);1H. The van der Waals surface area contributed by atoms with Crippen LogP contribution in [-0.2, 0) is 9.84 Å². The Balaban J connectivity index is 0.00000225. The van der Waals surface area contributed by atoms with Gasteiger partial charge in [0.2, 0.25) is 0 Å². The first-order chi connectivity index (χ1) is 11.2. The maximum atomic E-state index is 12.2. The molecule has 1 saturated heterocycles. The van der Waals surface area contributed by atoms with Crippen LogP contribution in [-0.4, -0.2) is 56.0 Å². The molecule has 1 saturated carbocycles. The van der Waals surface area contributed by atoms with E-state index < -0.39 is 14.6 Å². The number of halogens is 2. The summed E-state index contributed by atoms with van der Waals surface area (Å²) >= 11 is 3.46. The minimum absolute atomic E-state index is 0. The minimum atomic E-state index is -3.04. The lowest BCUT2D eigenvalue weighted by molar-refractivity contribution is 0.353. The van der Waals surface area contributed by atoms with E-state index in [0.717, 1.165) is 16.9 Å². The van der Waals surface area contributed by atoms with E-state index in [1.165, 1.54) is 5.56 Å². The number of rotatable bonds is 2. The van der Waals surface area contributed by atoms with Gasteiger partial charge >= 0.3 is 0 Å². The molecule has 25 heavy (non-hydrogen) atoms. The molecule has 1 heterocycles. The largest absolute Gasteiger partial charge is 0.353 e. The van der Waals surface area contributed by atoms with Gasteiger partial charge in [0.05, 0.1) is 10.5 Å². The zero-order valence-electron chi connectivity index (χ0n) is 14.7. The van der Waals surface area contributed by atoms with Crippen molar-refractivity contribution in [2.45, 2.75) is 37.0 Å². The lowest BCUT2D eigenvalue weighted by atomic mass is 10.1. The molecule has 8 heteroatoms. The van der Waals surface area contributed by atoms with Gasteiger partial charge < -0.3 is 10.2 Å². The predicted molar refractivity (Wildman–Crippen MR) is 117 cm³/mol. The van der Waals surface area contributed by atoms with Crippen molar-refractivity contribution in [1.82, 2.24) is 10.2 Å². The molecule has 2 atom stereocenters. The van der Waals surface area contributed by atoms with Crippen LogP contribution in [0.25, 0.3) is 0 Å².